The maximum Gasteiger partial charge on any atom is 0.274 e. The molecule has 2 aromatic rings. The highest BCUT2D eigenvalue weighted by Crippen LogP contribution is 2.24. The number of nitrogens with one attached hydrogen (secondary N) is 3. The van der Waals surface area contributed by atoms with Crippen LogP contribution in [0.3, 0.4) is 0 Å². The number of H-pyrrole nitrogens is 1. The molecule has 9 nitrogen and oxygen atoms in total. The average Bonchev–Trinajstić information content (AvgIpc) is 3.13. The lowest BCUT2D eigenvalue weighted by Crippen LogP contribution is -2.46. The minimum absolute atomic E-state index is 0.0502. The first-order valence-corrected chi connectivity index (χ1v) is 11.0. The van der Waals surface area contributed by atoms with Crippen molar-refractivity contribution in [2.24, 2.45) is 0 Å². The van der Waals surface area contributed by atoms with Gasteiger partial charge in [-0.3, -0.25) is 14.7 Å². The van der Waals surface area contributed by atoms with Crippen molar-refractivity contribution < 1.29 is 26.8 Å². The van der Waals surface area contributed by atoms with E-state index < -0.39 is 44.1 Å². The number of nitrogens with zero attached hydrogens (tertiary/aromatic N) is 2. The molecule has 1 saturated heterocycles. The number of sulfonamides is 1. The summed E-state index contributed by atoms with van der Waals surface area (Å²) in [6, 6.07) is 1.27. The first-order valence-electron chi connectivity index (χ1n) is 8.82. The number of amides is 2. The summed E-state index contributed by atoms with van der Waals surface area (Å²) in [6.45, 7) is 0.538. The Bertz CT molecular complexity index is 1080. The highest BCUT2D eigenvalue weighted by atomic mass is 35.5. The number of anilines is 1. The second-order valence-corrected chi connectivity index (χ2v) is 9.09. The number of carbonyl (C=O) groups excluding carboxylic acids is 2. The Balaban J connectivity index is 1.68. The minimum Gasteiger partial charge on any atom is -0.348 e. The van der Waals surface area contributed by atoms with Gasteiger partial charge in [0, 0.05) is 25.3 Å². The standard InChI is InChI=1S/C17H18ClF2N5O4S/c1-30(28,29)25-6-4-9(5-7-25)22-17(27)15-12(8-21-24-15)23-16(26)13-10(19)2-3-11(20)14(13)18/h2-3,8-9H,4-7H2,1H3,(H,21,24)(H,22,27)(H,23,26). The van der Waals surface area contributed by atoms with Crippen molar-refractivity contribution in [1.29, 1.82) is 0 Å². The number of aromatic amines is 1. The third kappa shape index (κ3) is 4.77. The summed E-state index contributed by atoms with van der Waals surface area (Å²) in [5, 5.41) is 10.5. The molecule has 30 heavy (non-hydrogen) atoms. The van der Waals surface area contributed by atoms with E-state index in [4.69, 9.17) is 11.6 Å². The van der Waals surface area contributed by atoms with E-state index in [9.17, 15) is 26.8 Å². The summed E-state index contributed by atoms with van der Waals surface area (Å²) in [4.78, 5) is 24.9. The van der Waals surface area contributed by atoms with E-state index in [0.29, 0.717) is 12.8 Å². The number of halogens is 3. The van der Waals surface area contributed by atoms with Crippen molar-refractivity contribution in [3.8, 4) is 0 Å². The Morgan fingerprint density at radius 3 is 2.47 bits per heavy atom. The zero-order valence-electron chi connectivity index (χ0n) is 15.7. The summed E-state index contributed by atoms with van der Waals surface area (Å²) >= 11 is 5.68. The summed E-state index contributed by atoms with van der Waals surface area (Å²) in [5.41, 5.74) is -0.912. The minimum atomic E-state index is -3.29. The van der Waals surface area contributed by atoms with Crippen LogP contribution in [0.2, 0.25) is 5.02 Å². The molecule has 0 atom stereocenters. The molecular weight excluding hydrogens is 444 g/mol. The molecule has 2 amide bonds. The largest absolute Gasteiger partial charge is 0.348 e. The van der Waals surface area contributed by atoms with Crippen LogP contribution in [0.25, 0.3) is 0 Å². The van der Waals surface area contributed by atoms with Gasteiger partial charge in [-0.2, -0.15) is 5.10 Å². The van der Waals surface area contributed by atoms with Crippen LogP contribution < -0.4 is 10.6 Å². The van der Waals surface area contributed by atoms with Gasteiger partial charge in [-0.25, -0.2) is 21.5 Å². The first kappa shape index (κ1) is 22.1. The molecule has 0 unspecified atom stereocenters. The van der Waals surface area contributed by atoms with Crippen molar-refractivity contribution in [2.75, 3.05) is 24.7 Å². The van der Waals surface area contributed by atoms with Crippen LogP contribution in [-0.4, -0.2) is 60.1 Å². The van der Waals surface area contributed by atoms with Crippen LogP contribution >= 0.6 is 11.6 Å². The zero-order chi connectivity index (χ0) is 22.1. The second-order valence-electron chi connectivity index (χ2n) is 6.73. The van der Waals surface area contributed by atoms with E-state index in [0.717, 1.165) is 18.4 Å². The van der Waals surface area contributed by atoms with E-state index in [1.165, 1.54) is 10.5 Å². The lowest BCUT2D eigenvalue weighted by molar-refractivity contribution is 0.0919. The normalized spacial score (nSPS) is 15.7. The van der Waals surface area contributed by atoms with Gasteiger partial charge in [0.1, 0.15) is 11.6 Å². The number of hydrogen-bond acceptors (Lipinski definition) is 5. The molecule has 3 rings (SSSR count). The molecule has 1 aromatic carbocycles. The van der Waals surface area contributed by atoms with Crippen molar-refractivity contribution in [2.45, 2.75) is 18.9 Å². The number of carbonyl (C=O) groups is 2. The summed E-state index contributed by atoms with van der Waals surface area (Å²) in [7, 11) is -3.29. The molecule has 0 radical (unpaired) electrons. The maximum atomic E-state index is 13.9. The first-order chi connectivity index (χ1) is 14.1. The SMILES string of the molecule is CS(=O)(=O)N1CCC(NC(=O)c2n[nH]cc2NC(=O)c2c(F)ccc(F)c2Cl)CC1. The number of hydrogen-bond donors (Lipinski definition) is 3. The molecule has 3 N–H and O–H groups in total. The lowest BCUT2D eigenvalue weighted by atomic mass is 10.1. The Morgan fingerprint density at radius 1 is 1.20 bits per heavy atom. The summed E-state index contributed by atoms with van der Waals surface area (Å²) < 4.78 is 51.9. The van der Waals surface area contributed by atoms with Gasteiger partial charge in [-0.05, 0) is 25.0 Å². The van der Waals surface area contributed by atoms with Gasteiger partial charge in [0.05, 0.1) is 22.5 Å². The van der Waals surface area contributed by atoms with Gasteiger partial charge in [0.15, 0.2) is 5.69 Å². The van der Waals surface area contributed by atoms with Crippen LogP contribution in [-0.2, 0) is 10.0 Å². The average molecular weight is 462 g/mol. The second kappa shape index (κ2) is 8.66. The van der Waals surface area contributed by atoms with Crippen LogP contribution in [0.15, 0.2) is 18.3 Å². The number of piperidine rings is 1. The lowest BCUT2D eigenvalue weighted by Gasteiger charge is -2.30. The monoisotopic (exact) mass is 461 g/mol. The molecule has 1 aromatic heterocycles. The van der Waals surface area contributed by atoms with E-state index >= 15 is 0 Å². The fourth-order valence-electron chi connectivity index (χ4n) is 3.06. The topological polar surface area (TPSA) is 124 Å². The summed E-state index contributed by atoms with van der Waals surface area (Å²) in [5.74, 6) is -3.65. The van der Waals surface area contributed by atoms with Gasteiger partial charge in [-0.1, -0.05) is 11.6 Å². The Labute approximate surface area is 175 Å². The van der Waals surface area contributed by atoms with Gasteiger partial charge in [0.25, 0.3) is 11.8 Å². The summed E-state index contributed by atoms with van der Waals surface area (Å²) in [6.07, 6.45) is 3.16. The molecule has 13 heteroatoms. The van der Waals surface area contributed by atoms with Gasteiger partial charge >= 0.3 is 0 Å². The van der Waals surface area contributed by atoms with Gasteiger partial charge in [0.2, 0.25) is 10.0 Å². The molecule has 162 valence electrons. The molecule has 2 heterocycles. The van der Waals surface area contributed by atoms with E-state index in [1.807, 2.05) is 0 Å². The third-order valence-corrected chi connectivity index (χ3v) is 6.31. The Kier molecular flexibility index (Phi) is 6.38. The maximum absolute atomic E-state index is 13.9. The Hall–Kier alpha value is -2.57. The van der Waals surface area contributed by atoms with Crippen molar-refractivity contribution >= 4 is 39.1 Å². The van der Waals surface area contributed by atoms with Crippen LogP contribution in [0.5, 0.6) is 0 Å². The van der Waals surface area contributed by atoms with Crippen molar-refractivity contribution in [3.63, 3.8) is 0 Å². The molecule has 0 spiro atoms. The van der Waals surface area contributed by atoms with Gasteiger partial charge < -0.3 is 10.6 Å². The van der Waals surface area contributed by atoms with Crippen molar-refractivity contribution in [1.82, 2.24) is 19.8 Å². The highest BCUT2D eigenvalue weighted by molar-refractivity contribution is 7.88. The number of rotatable bonds is 5. The quantitative estimate of drug-likeness (QED) is 0.585. The predicted molar refractivity (Wildman–Crippen MR) is 105 cm³/mol. The predicted octanol–water partition coefficient (Wildman–Crippen LogP) is 1.75. The Morgan fingerprint density at radius 2 is 1.83 bits per heavy atom. The number of benzene rings is 1. The van der Waals surface area contributed by atoms with E-state index in [1.54, 1.807) is 0 Å². The van der Waals surface area contributed by atoms with Crippen LogP contribution in [0.4, 0.5) is 14.5 Å². The molecule has 0 aliphatic carbocycles. The molecule has 1 aliphatic rings. The fraction of sp³-hybridized carbons (Fsp3) is 0.353. The fourth-order valence-corrected chi connectivity index (χ4v) is 4.18. The van der Waals surface area contributed by atoms with Crippen molar-refractivity contribution in [3.05, 3.63) is 46.2 Å². The van der Waals surface area contributed by atoms with Crippen LogP contribution in [0, 0.1) is 11.6 Å². The zero-order valence-corrected chi connectivity index (χ0v) is 17.3. The molecule has 1 aliphatic heterocycles. The highest BCUT2D eigenvalue weighted by Gasteiger charge is 2.28. The van der Waals surface area contributed by atoms with Gasteiger partial charge in [-0.15, -0.1) is 0 Å². The molecule has 1 fully saturated rings. The molecule has 0 bridgehead atoms. The van der Waals surface area contributed by atoms with E-state index in [-0.39, 0.29) is 30.5 Å². The third-order valence-electron chi connectivity index (χ3n) is 4.63. The van der Waals surface area contributed by atoms with E-state index in [2.05, 4.69) is 20.8 Å². The van der Waals surface area contributed by atoms with Crippen LogP contribution in [0.1, 0.15) is 33.7 Å². The molecule has 0 saturated carbocycles. The molecular formula is C17H18ClF2N5O4S. The number of aromatic nitrogens is 2. The smallest absolute Gasteiger partial charge is 0.274 e.